The van der Waals surface area contributed by atoms with E-state index < -0.39 is 5.50 Å². The summed E-state index contributed by atoms with van der Waals surface area (Å²) in [5.41, 5.74) is 1.74. The average molecular weight is 437 g/mol. The van der Waals surface area contributed by atoms with Crippen molar-refractivity contribution in [2.45, 2.75) is 12.1 Å². The van der Waals surface area contributed by atoms with E-state index in [1.54, 1.807) is 31.4 Å². The van der Waals surface area contributed by atoms with Gasteiger partial charge in [-0.2, -0.15) is 0 Å². The minimum atomic E-state index is -0.453. The topological polar surface area (TPSA) is 59.6 Å². The Morgan fingerprint density at radius 2 is 1.84 bits per heavy atom. The Hall–Kier alpha value is -3.45. The Balaban J connectivity index is 1.45. The fraction of sp³-hybridized carbons (Fsp3) is 0.125. The standard InChI is InChI=1S/C24H21FN2O3S/c1-29-21-13-17(11-12-20(21)30-15-16-7-3-2-4-8-16)14-22-23(28)27-24(31-22)26-19-10-6-5-9-18(19)25/h2-14,24,26H,15H2,1H3,(H,27,28)/b22-14-. The Morgan fingerprint density at radius 1 is 1.06 bits per heavy atom. The van der Waals surface area contributed by atoms with Crippen LogP contribution in [0.25, 0.3) is 6.08 Å². The monoisotopic (exact) mass is 436 g/mol. The lowest BCUT2D eigenvalue weighted by Crippen LogP contribution is -2.31. The van der Waals surface area contributed by atoms with Gasteiger partial charge in [0.15, 0.2) is 17.0 Å². The number of thioether (sulfide) groups is 1. The van der Waals surface area contributed by atoms with E-state index in [1.165, 1.54) is 17.8 Å². The van der Waals surface area contributed by atoms with E-state index in [2.05, 4.69) is 10.6 Å². The number of methoxy groups -OCH3 is 1. The van der Waals surface area contributed by atoms with Crippen LogP contribution in [0.2, 0.25) is 0 Å². The molecule has 1 amide bonds. The molecule has 4 rings (SSSR count). The third kappa shape index (κ3) is 5.19. The number of halogens is 1. The van der Waals surface area contributed by atoms with E-state index in [0.717, 1.165) is 11.1 Å². The van der Waals surface area contributed by atoms with Gasteiger partial charge < -0.3 is 20.1 Å². The van der Waals surface area contributed by atoms with E-state index in [-0.39, 0.29) is 11.7 Å². The lowest BCUT2D eigenvalue weighted by molar-refractivity contribution is -0.116. The van der Waals surface area contributed by atoms with Crippen LogP contribution in [0, 0.1) is 5.82 Å². The van der Waals surface area contributed by atoms with Crippen LogP contribution < -0.4 is 20.1 Å². The summed E-state index contributed by atoms with van der Waals surface area (Å²) in [5.74, 6) is 0.610. The highest BCUT2D eigenvalue weighted by Gasteiger charge is 2.27. The Bertz CT molecular complexity index is 1100. The first-order valence-electron chi connectivity index (χ1n) is 9.67. The number of ether oxygens (including phenoxy) is 2. The SMILES string of the molecule is COc1cc(/C=C2\SC(Nc3ccccc3F)NC2=O)ccc1OCc1ccccc1. The largest absolute Gasteiger partial charge is 0.493 e. The molecule has 1 atom stereocenters. The highest BCUT2D eigenvalue weighted by Crippen LogP contribution is 2.33. The van der Waals surface area contributed by atoms with Gasteiger partial charge >= 0.3 is 0 Å². The highest BCUT2D eigenvalue weighted by molar-refractivity contribution is 8.05. The minimum Gasteiger partial charge on any atom is -0.493 e. The Kier molecular flexibility index (Phi) is 6.43. The Labute approximate surface area is 184 Å². The summed E-state index contributed by atoms with van der Waals surface area (Å²) in [6.45, 7) is 0.430. The fourth-order valence-corrected chi connectivity index (χ4v) is 4.04. The zero-order valence-corrected chi connectivity index (χ0v) is 17.6. The van der Waals surface area contributed by atoms with Crippen LogP contribution in [0.3, 0.4) is 0 Å². The van der Waals surface area contributed by atoms with Crippen LogP contribution in [0.15, 0.2) is 77.7 Å². The molecule has 2 N–H and O–H groups in total. The van der Waals surface area contributed by atoms with Crippen molar-refractivity contribution in [3.63, 3.8) is 0 Å². The number of carbonyl (C=O) groups is 1. The predicted molar refractivity (Wildman–Crippen MR) is 121 cm³/mol. The molecule has 0 saturated carbocycles. The molecule has 5 nitrogen and oxygen atoms in total. The fourth-order valence-electron chi connectivity index (χ4n) is 3.06. The predicted octanol–water partition coefficient (Wildman–Crippen LogP) is 5.01. The molecular formula is C24H21FN2O3S. The van der Waals surface area contributed by atoms with Crippen molar-refractivity contribution in [3.8, 4) is 11.5 Å². The zero-order valence-electron chi connectivity index (χ0n) is 16.8. The molecule has 0 spiro atoms. The van der Waals surface area contributed by atoms with E-state index in [4.69, 9.17) is 9.47 Å². The summed E-state index contributed by atoms with van der Waals surface area (Å²) < 4.78 is 25.2. The maximum Gasteiger partial charge on any atom is 0.260 e. The molecule has 0 aliphatic carbocycles. The third-order valence-corrected chi connectivity index (χ3v) is 5.64. The molecule has 0 bridgehead atoms. The molecule has 0 aromatic heterocycles. The van der Waals surface area contributed by atoms with Crippen molar-refractivity contribution in [1.82, 2.24) is 5.32 Å². The first-order chi connectivity index (χ1) is 15.1. The van der Waals surface area contributed by atoms with E-state index >= 15 is 0 Å². The molecule has 1 unspecified atom stereocenters. The number of rotatable bonds is 7. The van der Waals surface area contributed by atoms with E-state index in [0.29, 0.717) is 28.7 Å². The molecule has 1 saturated heterocycles. The second kappa shape index (κ2) is 9.57. The van der Waals surface area contributed by atoms with Gasteiger partial charge in [-0.3, -0.25) is 4.79 Å². The molecular weight excluding hydrogens is 415 g/mol. The van der Waals surface area contributed by atoms with Crippen molar-refractivity contribution in [2.75, 3.05) is 12.4 Å². The van der Waals surface area contributed by atoms with Gasteiger partial charge in [-0.05, 0) is 41.5 Å². The van der Waals surface area contributed by atoms with Gasteiger partial charge in [0.25, 0.3) is 5.91 Å². The van der Waals surface area contributed by atoms with Crippen LogP contribution in [-0.4, -0.2) is 18.5 Å². The smallest absolute Gasteiger partial charge is 0.260 e. The normalized spacial score (nSPS) is 16.8. The van der Waals surface area contributed by atoms with E-state index in [1.807, 2.05) is 48.5 Å². The summed E-state index contributed by atoms with van der Waals surface area (Å²) in [6, 6.07) is 21.7. The molecule has 1 aliphatic rings. The van der Waals surface area contributed by atoms with Crippen molar-refractivity contribution in [1.29, 1.82) is 0 Å². The summed E-state index contributed by atoms with van der Waals surface area (Å²) in [6.07, 6.45) is 1.77. The first kappa shape index (κ1) is 20.8. The van der Waals surface area contributed by atoms with Gasteiger partial charge in [-0.15, -0.1) is 0 Å². The Morgan fingerprint density at radius 3 is 2.61 bits per heavy atom. The molecule has 7 heteroatoms. The lowest BCUT2D eigenvalue weighted by atomic mass is 10.2. The van der Waals surface area contributed by atoms with Crippen LogP contribution in [-0.2, 0) is 11.4 Å². The molecule has 1 aliphatic heterocycles. The van der Waals surface area contributed by atoms with Gasteiger partial charge in [0, 0.05) is 0 Å². The van der Waals surface area contributed by atoms with Gasteiger partial charge in [0.05, 0.1) is 17.7 Å². The number of para-hydroxylation sites is 1. The van der Waals surface area contributed by atoms with Gasteiger partial charge in [0.2, 0.25) is 0 Å². The van der Waals surface area contributed by atoms with Gasteiger partial charge in [-0.25, -0.2) is 4.39 Å². The second-order valence-corrected chi connectivity index (χ2v) is 7.94. The maximum absolute atomic E-state index is 13.9. The van der Waals surface area contributed by atoms with Crippen LogP contribution in [0.1, 0.15) is 11.1 Å². The lowest BCUT2D eigenvalue weighted by Gasteiger charge is -2.13. The summed E-state index contributed by atoms with van der Waals surface area (Å²) >= 11 is 1.29. The second-order valence-electron chi connectivity index (χ2n) is 6.79. The number of carbonyl (C=O) groups excluding carboxylic acids is 1. The molecule has 3 aromatic rings. The van der Waals surface area contributed by atoms with Crippen molar-refractivity contribution >= 4 is 29.4 Å². The summed E-state index contributed by atoms with van der Waals surface area (Å²) in [7, 11) is 1.58. The van der Waals surface area contributed by atoms with Crippen molar-refractivity contribution in [3.05, 3.63) is 94.6 Å². The number of hydrogen-bond donors (Lipinski definition) is 2. The summed E-state index contributed by atoms with van der Waals surface area (Å²) in [4.78, 5) is 12.9. The van der Waals surface area contributed by atoms with Crippen LogP contribution in [0.4, 0.5) is 10.1 Å². The quantitative estimate of drug-likeness (QED) is 0.510. The zero-order chi connectivity index (χ0) is 21.6. The number of benzene rings is 3. The number of hydrogen-bond acceptors (Lipinski definition) is 5. The number of anilines is 1. The number of nitrogens with one attached hydrogen (secondary N) is 2. The highest BCUT2D eigenvalue weighted by atomic mass is 32.2. The maximum atomic E-state index is 13.9. The molecule has 1 fully saturated rings. The molecule has 31 heavy (non-hydrogen) atoms. The summed E-state index contributed by atoms with van der Waals surface area (Å²) in [5, 5.41) is 5.79. The number of amides is 1. The molecule has 1 heterocycles. The molecule has 3 aromatic carbocycles. The van der Waals surface area contributed by atoms with Crippen LogP contribution in [0.5, 0.6) is 11.5 Å². The van der Waals surface area contributed by atoms with Crippen LogP contribution >= 0.6 is 11.8 Å². The minimum absolute atomic E-state index is 0.220. The molecule has 0 radical (unpaired) electrons. The van der Waals surface area contributed by atoms with Gasteiger partial charge in [-0.1, -0.05) is 60.3 Å². The third-order valence-electron chi connectivity index (χ3n) is 4.61. The van der Waals surface area contributed by atoms with Gasteiger partial charge in [0.1, 0.15) is 12.4 Å². The van der Waals surface area contributed by atoms with E-state index in [9.17, 15) is 9.18 Å². The van der Waals surface area contributed by atoms with Crippen molar-refractivity contribution in [2.24, 2.45) is 0 Å². The average Bonchev–Trinajstić information content (AvgIpc) is 3.13. The van der Waals surface area contributed by atoms with Crippen molar-refractivity contribution < 1.29 is 18.7 Å². The first-order valence-corrected chi connectivity index (χ1v) is 10.6. The molecule has 158 valence electrons.